The molecule has 1 aliphatic rings. The Hall–Kier alpha value is -1.67. The molecule has 0 unspecified atom stereocenters. The molecule has 3 rings (SSSR count). The van der Waals surface area contributed by atoms with E-state index in [0.29, 0.717) is 10.8 Å². The number of nitrogens with zero attached hydrogens (tertiary/aromatic N) is 2. The van der Waals surface area contributed by atoms with Crippen LogP contribution in [0.25, 0.3) is 0 Å². The normalized spacial score (nSPS) is 21.3. The van der Waals surface area contributed by atoms with Gasteiger partial charge in [0.25, 0.3) is 0 Å². The predicted octanol–water partition coefficient (Wildman–Crippen LogP) is 2.87. The van der Waals surface area contributed by atoms with Gasteiger partial charge in [-0.15, -0.1) is 21.5 Å². The molecule has 22 heavy (non-hydrogen) atoms. The maximum atomic E-state index is 13.2. The second kappa shape index (κ2) is 5.85. The Kier molecular flexibility index (Phi) is 4.05. The lowest BCUT2D eigenvalue weighted by molar-refractivity contribution is -0.206. The van der Waals surface area contributed by atoms with Gasteiger partial charge in [0, 0.05) is 0 Å². The first-order valence-corrected chi connectivity index (χ1v) is 7.59. The Morgan fingerprint density at radius 2 is 2.09 bits per heavy atom. The maximum absolute atomic E-state index is 13.2. The largest absolute Gasteiger partial charge is 0.479 e. The third-order valence-corrected chi connectivity index (χ3v) is 4.28. The monoisotopic (exact) mass is 329 g/mol. The summed E-state index contributed by atoms with van der Waals surface area (Å²) in [6.45, 7) is 2.05. The first-order chi connectivity index (χ1) is 10.4. The van der Waals surface area contributed by atoms with Gasteiger partial charge in [0.15, 0.2) is 0 Å². The Balaban J connectivity index is 1.77. The quantitative estimate of drug-likeness (QED) is 0.941. The van der Waals surface area contributed by atoms with Crippen molar-refractivity contribution in [2.75, 3.05) is 0 Å². The number of hydrogen-bond acceptors (Lipinski definition) is 5. The molecule has 0 amide bonds. The highest BCUT2D eigenvalue weighted by Gasteiger charge is 2.49. The van der Waals surface area contributed by atoms with E-state index >= 15 is 0 Å². The van der Waals surface area contributed by atoms with Gasteiger partial charge in [-0.25, -0.2) is 0 Å². The topological polar surface area (TPSA) is 47.0 Å². The van der Waals surface area contributed by atoms with Gasteiger partial charge in [-0.3, -0.25) is 0 Å². The summed E-state index contributed by atoms with van der Waals surface area (Å²) >= 11 is 1.36. The third-order valence-electron chi connectivity index (χ3n) is 3.44. The molecule has 0 saturated carbocycles. The highest BCUT2D eigenvalue weighted by atomic mass is 32.1. The van der Waals surface area contributed by atoms with Gasteiger partial charge in [0.1, 0.15) is 15.8 Å². The van der Waals surface area contributed by atoms with E-state index in [4.69, 9.17) is 4.74 Å². The lowest BCUT2D eigenvalue weighted by Crippen LogP contribution is -2.54. The Bertz CT molecular complexity index is 659. The molecule has 0 aliphatic carbocycles. The standard InChI is InChI=1S/C14H14F3N3OS/c1-8-19-20-12(22-8)7-18-10-6-9-4-2-3-5-11(9)21-13(10)14(15,16)17/h2-5,10,13,18H,6-7H2,1H3/t10-,13-/m1/s1. The molecule has 1 N–H and O–H groups in total. The van der Waals surface area contributed by atoms with Crippen LogP contribution in [0.2, 0.25) is 0 Å². The summed E-state index contributed by atoms with van der Waals surface area (Å²) in [4.78, 5) is 0. The summed E-state index contributed by atoms with van der Waals surface area (Å²) < 4.78 is 44.9. The molecular formula is C14H14F3N3OS. The second-order valence-corrected chi connectivity index (χ2v) is 6.36. The van der Waals surface area contributed by atoms with E-state index in [0.717, 1.165) is 10.6 Å². The Morgan fingerprint density at radius 1 is 1.32 bits per heavy atom. The van der Waals surface area contributed by atoms with E-state index in [1.165, 1.54) is 11.3 Å². The van der Waals surface area contributed by atoms with Crippen molar-refractivity contribution in [3.05, 3.63) is 39.8 Å². The van der Waals surface area contributed by atoms with Crippen molar-refractivity contribution in [3.8, 4) is 5.75 Å². The summed E-state index contributed by atoms with van der Waals surface area (Å²) in [6, 6.07) is 5.97. The minimum Gasteiger partial charge on any atom is -0.479 e. The van der Waals surface area contributed by atoms with Crippen molar-refractivity contribution in [1.29, 1.82) is 0 Å². The lowest BCUT2D eigenvalue weighted by Gasteiger charge is -2.35. The second-order valence-electron chi connectivity index (χ2n) is 5.09. The molecule has 0 fully saturated rings. The number of fused-ring (bicyclic) bond motifs is 1. The van der Waals surface area contributed by atoms with Gasteiger partial charge in [-0.1, -0.05) is 18.2 Å². The first kappa shape index (κ1) is 15.2. The fraction of sp³-hybridized carbons (Fsp3) is 0.429. The fourth-order valence-electron chi connectivity index (χ4n) is 2.45. The van der Waals surface area contributed by atoms with Crippen LogP contribution in [0.4, 0.5) is 13.2 Å². The molecular weight excluding hydrogens is 315 g/mol. The average molecular weight is 329 g/mol. The summed E-state index contributed by atoms with van der Waals surface area (Å²) in [5.74, 6) is 0.301. The zero-order valence-corrected chi connectivity index (χ0v) is 12.5. The van der Waals surface area contributed by atoms with Crippen LogP contribution >= 0.6 is 11.3 Å². The van der Waals surface area contributed by atoms with E-state index in [1.807, 2.05) is 0 Å². The van der Waals surface area contributed by atoms with Crippen molar-refractivity contribution < 1.29 is 17.9 Å². The first-order valence-electron chi connectivity index (χ1n) is 6.77. The van der Waals surface area contributed by atoms with Crippen molar-refractivity contribution in [1.82, 2.24) is 15.5 Å². The summed E-state index contributed by atoms with van der Waals surface area (Å²) in [5, 5.41) is 12.1. The van der Waals surface area contributed by atoms with Gasteiger partial charge in [-0.2, -0.15) is 13.2 Å². The summed E-state index contributed by atoms with van der Waals surface area (Å²) in [7, 11) is 0. The van der Waals surface area contributed by atoms with E-state index < -0.39 is 18.3 Å². The smallest absolute Gasteiger partial charge is 0.426 e. The van der Waals surface area contributed by atoms with Gasteiger partial charge in [0.05, 0.1) is 12.6 Å². The van der Waals surface area contributed by atoms with Gasteiger partial charge >= 0.3 is 6.18 Å². The van der Waals surface area contributed by atoms with E-state index in [9.17, 15) is 13.2 Å². The van der Waals surface area contributed by atoms with Crippen LogP contribution in [-0.2, 0) is 13.0 Å². The predicted molar refractivity (Wildman–Crippen MR) is 75.9 cm³/mol. The van der Waals surface area contributed by atoms with Crippen LogP contribution in [-0.4, -0.2) is 28.5 Å². The fourth-order valence-corrected chi connectivity index (χ4v) is 3.11. The van der Waals surface area contributed by atoms with E-state index in [1.54, 1.807) is 31.2 Å². The van der Waals surface area contributed by atoms with Crippen molar-refractivity contribution in [2.24, 2.45) is 0 Å². The molecule has 0 spiro atoms. The number of rotatable bonds is 3. The summed E-state index contributed by atoms with van der Waals surface area (Å²) in [6.07, 6.45) is -6.03. The van der Waals surface area contributed by atoms with E-state index in [2.05, 4.69) is 15.5 Å². The van der Waals surface area contributed by atoms with Crippen LogP contribution in [0.1, 0.15) is 15.6 Å². The van der Waals surface area contributed by atoms with E-state index in [-0.39, 0.29) is 13.0 Å². The van der Waals surface area contributed by atoms with Crippen LogP contribution < -0.4 is 10.1 Å². The zero-order chi connectivity index (χ0) is 15.7. The molecule has 1 aromatic carbocycles. The summed E-state index contributed by atoms with van der Waals surface area (Å²) in [5.41, 5.74) is 0.772. The van der Waals surface area contributed by atoms with Crippen LogP contribution in [0.3, 0.4) is 0 Å². The molecule has 0 saturated heterocycles. The highest BCUT2D eigenvalue weighted by Crippen LogP contribution is 2.35. The molecule has 2 heterocycles. The van der Waals surface area contributed by atoms with Crippen LogP contribution in [0.15, 0.2) is 24.3 Å². The number of nitrogens with one attached hydrogen (secondary N) is 1. The minimum atomic E-state index is -4.43. The number of aromatic nitrogens is 2. The molecule has 118 valence electrons. The maximum Gasteiger partial charge on any atom is 0.426 e. The van der Waals surface area contributed by atoms with Crippen LogP contribution in [0, 0.1) is 6.92 Å². The van der Waals surface area contributed by atoms with Crippen molar-refractivity contribution in [3.63, 3.8) is 0 Å². The Labute approximate surface area is 129 Å². The van der Waals surface area contributed by atoms with Gasteiger partial charge in [-0.05, 0) is 25.0 Å². The Morgan fingerprint density at radius 3 is 2.77 bits per heavy atom. The van der Waals surface area contributed by atoms with Crippen molar-refractivity contribution in [2.45, 2.75) is 38.2 Å². The highest BCUT2D eigenvalue weighted by molar-refractivity contribution is 7.11. The lowest BCUT2D eigenvalue weighted by atomic mass is 9.96. The molecule has 2 atom stereocenters. The molecule has 2 aromatic rings. The number of aryl methyl sites for hydroxylation is 1. The SMILES string of the molecule is Cc1nnc(CN[C@@H]2Cc3ccccc3O[C@H]2C(F)(F)F)s1. The minimum absolute atomic E-state index is 0.244. The number of alkyl halides is 3. The van der Waals surface area contributed by atoms with Crippen LogP contribution in [0.5, 0.6) is 5.75 Å². The van der Waals surface area contributed by atoms with Crippen molar-refractivity contribution >= 4 is 11.3 Å². The average Bonchev–Trinajstić information content (AvgIpc) is 2.89. The molecule has 1 aliphatic heterocycles. The molecule has 1 aromatic heterocycles. The number of hydrogen-bond donors (Lipinski definition) is 1. The molecule has 4 nitrogen and oxygen atoms in total. The molecule has 0 radical (unpaired) electrons. The number of ether oxygens (including phenoxy) is 1. The zero-order valence-electron chi connectivity index (χ0n) is 11.7. The molecule has 0 bridgehead atoms. The number of benzene rings is 1. The van der Waals surface area contributed by atoms with Gasteiger partial charge in [0.2, 0.25) is 6.10 Å². The molecule has 8 heteroatoms. The number of halogens is 3. The van der Waals surface area contributed by atoms with Gasteiger partial charge < -0.3 is 10.1 Å². The third kappa shape index (κ3) is 3.22. The number of para-hydroxylation sites is 1.